The summed E-state index contributed by atoms with van der Waals surface area (Å²) in [6, 6.07) is 20.3. The number of nitrogens with zero attached hydrogens (tertiary/aromatic N) is 2. The molecule has 1 aliphatic heterocycles. The van der Waals surface area contributed by atoms with Crippen LogP contribution in [0.5, 0.6) is 0 Å². The van der Waals surface area contributed by atoms with Crippen LogP contribution in [-0.4, -0.2) is 24.3 Å². The lowest BCUT2D eigenvalue weighted by atomic mass is 10.1. The number of hydrogen-bond acceptors (Lipinski definition) is 5. The van der Waals surface area contributed by atoms with E-state index in [-0.39, 0.29) is 36.3 Å². The minimum absolute atomic E-state index is 0.0916. The van der Waals surface area contributed by atoms with E-state index in [4.69, 9.17) is 0 Å². The van der Waals surface area contributed by atoms with Gasteiger partial charge in [0, 0.05) is 24.3 Å². The molecule has 2 aromatic carbocycles. The highest BCUT2D eigenvalue weighted by Gasteiger charge is 2.35. The fourth-order valence-corrected chi connectivity index (χ4v) is 4.67. The first-order valence-corrected chi connectivity index (χ1v) is 10.9. The van der Waals surface area contributed by atoms with Crippen LogP contribution in [0.4, 0.5) is 16.4 Å². The number of benzene rings is 2. The monoisotopic (exact) mass is 444 g/mol. The number of thiophene rings is 1. The van der Waals surface area contributed by atoms with E-state index in [1.807, 2.05) is 48.5 Å². The van der Waals surface area contributed by atoms with E-state index in [9.17, 15) is 19.6 Å². The molecule has 0 bridgehead atoms. The number of carbonyl (C=O) groups excluding carboxylic acids is 3. The summed E-state index contributed by atoms with van der Waals surface area (Å²) in [5.41, 5.74) is 2.15. The fraction of sp³-hybridized carbons (Fsp3) is 0.167. The van der Waals surface area contributed by atoms with Gasteiger partial charge in [-0.2, -0.15) is 5.26 Å². The van der Waals surface area contributed by atoms with E-state index in [0.29, 0.717) is 21.1 Å². The Kier molecular flexibility index (Phi) is 6.01. The van der Waals surface area contributed by atoms with Gasteiger partial charge < -0.3 is 15.5 Å². The molecule has 0 spiro atoms. The average molecular weight is 445 g/mol. The normalized spacial score (nSPS) is 15.3. The highest BCUT2D eigenvalue weighted by Crippen LogP contribution is 2.34. The maximum atomic E-state index is 12.9. The molecular weight excluding hydrogens is 424 g/mol. The quantitative estimate of drug-likeness (QED) is 0.616. The highest BCUT2D eigenvalue weighted by molar-refractivity contribution is 7.18. The maximum absolute atomic E-state index is 12.9. The molecule has 1 fully saturated rings. The van der Waals surface area contributed by atoms with Crippen molar-refractivity contribution in [3.05, 3.63) is 76.7 Å². The number of anilines is 3. The number of para-hydroxylation sites is 2. The molecule has 1 aliphatic rings. The van der Waals surface area contributed by atoms with E-state index < -0.39 is 5.92 Å². The lowest BCUT2D eigenvalue weighted by molar-refractivity contribution is -0.122. The van der Waals surface area contributed by atoms with Crippen molar-refractivity contribution in [3.63, 3.8) is 0 Å². The van der Waals surface area contributed by atoms with Crippen LogP contribution in [0.25, 0.3) is 0 Å². The number of nitrogens with one attached hydrogen (secondary N) is 2. The van der Waals surface area contributed by atoms with Crippen molar-refractivity contribution in [2.24, 2.45) is 5.92 Å². The van der Waals surface area contributed by atoms with Crippen molar-refractivity contribution in [3.8, 4) is 6.07 Å². The summed E-state index contributed by atoms with van der Waals surface area (Å²) in [5.74, 6) is -1.35. The second-order valence-corrected chi connectivity index (χ2v) is 8.44. The first-order valence-electron chi connectivity index (χ1n) is 10.0. The Bertz CT molecular complexity index is 1220. The Labute approximate surface area is 189 Å². The van der Waals surface area contributed by atoms with Crippen molar-refractivity contribution in [2.45, 2.75) is 13.3 Å². The largest absolute Gasteiger partial charge is 0.321 e. The van der Waals surface area contributed by atoms with Gasteiger partial charge in [-0.25, -0.2) is 0 Å². The van der Waals surface area contributed by atoms with Crippen LogP contribution in [0, 0.1) is 24.2 Å². The molecule has 3 amide bonds. The second-order valence-electron chi connectivity index (χ2n) is 7.42. The van der Waals surface area contributed by atoms with Crippen molar-refractivity contribution in [2.75, 3.05) is 22.1 Å². The maximum Gasteiger partial charge on any atom is 0.266 e. The van der Waals surface area contributed by atoms with Crippen molar-refractivity contribution in [1.29, 1.82) is 5.26 Å². The lowest BCUT2D eigenvalue weighted by Crippen LogP contribution is -2.28. The highest BCUT2D eigenvalue weighted by atomic mass is 32.1. The zero-order chi connectivity index (χ0) is 22.7. The smallest absolute Gasteiger partial charge is 0.266 e. The molecule has 0 aliphatic carbocycles. The van der Waals surface area contributed by atoms with Gasteiger partial charge in [0.1, 0.15) is 11.1 Å². The third-order valence-electron chi connectivity index (χ3n) is 5.30. The van der Waals surface area contributed by atoms with Crippen LogP contribution in [0.2, 0.25) is 0 Å². The number of carbonyl (C=O) groups is 3. The van der Waals surface area contributed by atoms with E-state index >= 15 is 0 Å². The molecule has 4 rings (SSSR count). The third-order valence-corrected chi connectivity index (χ3v) is 6.50. The molecule has 160 valence electrons. The predicted octanol–water partition coefficient (Wildman–Crippen LogP) is 4.17. The van der Waals surface area contributed by atoms with Crippen LogP contribution in [0.1, 0.15) is 27.2 Å². The first-order chi connectivity index (χ1) is 15.5. The van der Waals surface area contributed by atoms with Crippen LogP contribution >= 0.6 is 11.3 Å². The molecule has 1 unspecified atom stereocenters. The molecule has 0 saturated carbocycles. The summed E-state index contributed by atoms with van der Waals surface area (Å²) in [6.07, 6.45) is 0.0916. The number of nitriles is 1. The van der Waals surface area contributed by atoms with Crippen LogP contribution in [-0.2, 0) is 9.59 Å². The van der Waals surface area contributed by atoms with Crippen molar-refractivity contribution in [1.82, 2.24) is 0 Å². The van der Waals surface area contributed by atoms with Gasteiger partial charge in [-0.1, -0.05) is 36.4 Å². The van der Waals surface area contributed by atoms with Gasteiger partial charge in [0.05, 0.1) is 16.4 Å². The first kappa shape index (κ1) is 21.3. The zero-order valence-electron chi connectivity index (χ0n) is 17.3. The molecule has 7 nitrogen and oxygen atoms in total. The summed E-state index contributed by atoms with van der Waals surface area (Å²) in [4.78, 5) is 40.0. The Morgan fingerprint density at radius 2 is 1.72 bits per heavy atom. The lowest BCUT2D eigenvalue weighted by Gasteiger charge is -2.16. The Morgan fingerprint density at radius 1 is 1.06 bits per heavy atom. The van der Waals surface area contributed by atoms with Gasteiger partial charge in [-0.15, -0.1) is 11.3 Å². The summed E-state index contributed by atoms with van der Waals surface area (Å²) in [5, 5.41) is 15.5. The zero-order valence-corrected chi connectivity index (χ0v) is 18.1. The molecule has 1 aromatic heterocycles. The molecule has 2 heterocycles. The number of amides is 3. The van der Waals surface area contributed by atoms with Gasteiger partial charge >= 0.3 is 0 Å². The molecule has 1 atom stereocenters. The number of rotatable bonds is 5. The molecule has 1 saturated heterocycles. The van der Waals surface area contributed by atoms with E-state index in [2.05, 4.69) is 16.7 Å². The Morgan fingerprint density at radius 3 is 2.38 bits per heavy atom. The third kappa shape index (κ3) is 4.24. The SMILES string of the molecule is Cc1c(C(=O)Nc2ccccc2)sc(NC(=O)C2CC(=O)N(c3ccccc3)C2)c1C#N. The molecular formula is C24H20N4O3S. The van der Waals surface area contributed by atoms with E-state index in [0.717, 1.165) is 17.0 Å². The van der Waals surface area contributed by atoms with Gasteiger partial charge in [-0.3, -0.25) is 14.4 Å². The van der Waals surface area contributed by atoms with Crippen LogP contribution < -0.4 is 15.5 Å². The predicted molar refractivity (Wildman–Crippen MR) is 124 cm³/mol. The second kappa shape index (κ2) is 9.04. The topological polar surface area (TPSA) is 102 Å². The van der Waals surface area contributed by atoms with Gasteiger partial charge in [0.2, 0.25) is 11.8 Å². The minimum Gasteiger partial charge on any atom is -0.321 e. The van der Waals surface area contributed by atoms with Crippen LogP contribution in [0.15, 0.2) is 60.7 Å². The van der Waals surface area contributed by atoms with Crippen molar-refractivity contribution < 1.29 is 14.4 Å². The van der Waals surface area contributed by atoms with E-state index in [1.165, 1.54) is 0 Å². The summed E-state index contributed by atoms with van der Waals surface area (Å²) in [6.45, 7) is 1.95. The van der Waals surface area contributed by atoms with E-state index in [1.54, 1.807) is 24.0 Å². The Hall–Kier alpha value is -3.96. The number of hydrogen-bond donors (Lipinski definition) is 2. The summed E-state index contributed by atoms with van der Waals surface area (Å²) < 4.78 is 0. The fourth-order valence-electron chi connectivity index (χ4n) is 3.62. The van der Waals surface area contributed by atoms with Gasteiger partial charge in [-0.05, 0) is 36.8 Å². The van der Waals surface area contributed by atoms with Gasteiger partial charge in [0.25, 0.3) is 5.91 Å². The van der Waals surface area contributed by atoms with Crippen molar-refractivity contribution >= 4 is 45.4 Å². The summed E-state index contributed by atoms with van der Waals surface area (Å²) in [7, 11) is 0. The molecule has 2 N–H and O–H groups in total. The molecule has 32 heavy (non-hydrogen) atoms. The molecule has 0 radical (unpaired) electrons. The Balaban J connectivity index is 1.50. The molecule has 8 heteroatoms. The van der Waals surface area contributed by atoms with Crippen LogP contribution in [0.3, 0.4) is 0 Å². The molecule has 3 aromatic rings. The standard InChI is InChI=1S/C24H20N4O3S/c1-15-19(13-25)24(32-21(15)23(31)26-17-8-4-2-5-9-17)27-22(30)16-12-20(29)28(14-16)18-10-6-3-7-11-18/h2-11,16H,12,14H2,1H3,(H,26,31)(H,27,30). The average Bonchev–Trinajstić information content (AvgIpc) is 3.34. The van der Waals surface area contributed by atoms with Gasteiger partial charge in [0.15, 0.2) is 0 Å². The summed E-state index contributed by atoms with van der Waals surface area (Å²) >= 11 is 1.06. The minimum atomic E-state index is -0.543.